The Kier molecular flexibility index (Phi) is 7.41. The molecule has 0 bridgehead atoms. The summed E-state index contributed by atoms with van der Waals surface area (Å²) in [5, 5.41) is 1.32. The number of hydrogen-bond donors (Lipinski definition) is 1. The monoisotopic (exact) mass is 434 g/mol. The van der Waals surface area contributed by atoms with E-state index >= 15 is 0 Å². The molecule has 1 atom stereocenters. The topological polar surface area (TPSA) is 28.3 Å². The third-order valence-corrected chi connectivity index (χ3v) is 7.05. The van der Waals surface area contributed by atoms with Crippen LogP contribution in [0.15, 0.2) is 64.5 Å². The first-order chi connectivity index (χ1) is 15.2. The van der Waals surface area contributed by atoms with Gasteiger partial charge in [0, 0.05) is 45.5 Å². The molecule has 1 aliphatic heterocycles. The van der Waals surface area contributed by atoms with Gasteiger partial charge in [-0.25, -0.2) is 0 Å². The van der Waals surface area contributed by atoms with Gasteiger partial charge in [-0.3, -0.25) is 4.90 Å². The molecule has 2 heterocycles. The number of unbranched alkanes of at least 4 members (excludes halogenated alkanes) is 1. The second-order valence-electron chi connectivity index (χ2n) is 8.46. The lowest BCUT2D eigenvalue weighted by atomic mass is 9.99. The predicted octanol–water partition coefficient (Wildman–Crippen LogP) is 7.39. The normalized spacial score (nSPS) is 15.8. The SMILES string of the molecule is CCCCN1CC=C(c2c[nH]c3ccc(Sc4cccc(OC(C)CC)c4)cc23)CC1. The van der Waals surface area contributed by atoms with Crippen LogP contribution in [0.2, 0.25) is 0 Å². The van der Waals surface area contributed by atoms with E-state index in [0.29, 0.717) is 0 Å². The first-order valence-electron chi connectivity index (χ1n) is 11.6. The Balaban J connectivity index is 1.51. The summed E-state index contributed by atoms with van der Waals surface area (Å²) >= 11 is 1.80. The molecule has 0 saturated heterocycles. The number of fused-ring (bicyclic) bond motifs is 1. The maximum atomic E-state index is 6.00. The van der Waals surface area contributed by atoms with Crippen molar-refractivity contribution in [3.63, 3.8) is 0 Å². The zero-order valence-electron chi connectivity index (χ0n) is 19.0. The fraction of sp³-hybridized carbons (Fsp3) is 0.407. The van der Waals surface area contributed by atoms with Gasteiger partial charge in [0.1, 0.15) is 5.75 Å². The maximum Gasteiger partial charge on any atom is 0.120 e. The lowest BCUT2D eigenvalue weighted by Gasteiger charge is -2.26. The van der Waals surface area contributed by atoms with E-state index in [9.17, 15) is 0 Å². The maximum absolute atomic E-state index is 6.00. The highest BCUT2D eigenvalue weighted by molar-refractivity contribution is 7.99. The number of nitrogens with zero attached hydrogens (tertiary/aromatic N) is 1. The Labute approximate surface area is 190 Å². The molecule has 1 unspecified atom stereocenters. The van der Waals surface area contributed by atoms with Crippen LogP contribution < -0.4 is 4.74 Å². The molecule has 3 nitrogen and oxygen atoms in total. The van der Waals surface area contributed by atoms with Crippen LogP contribution in [-0.2, 0) is 0 Å². The van der Waals surface area contributed by atoms with Crippen LogP contribution >= 0.6 is 11.8 Å². The van der Waals surface area contributed by atoms with Crippen LogP contribution in [-0.4, -0.2) is 35.6 Å². The second-order valence-corrected chi connectivity index (χ2v) is 9.60. The molecule has 164 valence electrons. The van der Waals surface area contributed by atoms with Gasteiger partial charge in [0.2, 0.25) is 0 Å². The van der Waals surface area contributed by atoms with Gasteiger partial charge >= 0.3 is 0 Å². The Morgan fingerprint density at radius 3 is 2.77 bits per heavy atom. The molecule has 1 N–H and O–H groups in total. The lowest BCUT2D eigenvalue weighted by Crippen LogP contribution is -2.29. The molecule has 3 aromatic rings. The second kappa shape index (κ2) is 10.4. The molecule has 0 aliphatic carbocycles. The fourth-order valence-corrected chi connectivity index (χ4v) is 4.94. The number of nitrogens with one attached hydrogen (secondary N) is 1. The fourth-order valence-electron chi connectivity index (χ4n) is 4.03. The molecular weight excluding hydrogens is 400 g/mol. The number of ether oxygens (including phenoxy) is 1. The molecule has 0 saturated carbocycles. The first kappa shape index (κ1) is 22.0. The van der Waals surface area contributed by atoms with Crippen molar-refractivity contribution in [1.82, 2.24) is 9.88 Å². The molecular formula is C27H34N2OS. The summed E-state index contributed by atoms with van der Waals surface area (Å²) in [4.78, 5) is 8.51. The van der Waals surface area contributed by atoms with Crippen molar-refractivity contribution in [1.29, 1.82) is 0 Å². The van der Waals surface area contributed by atoms with Gasteiger partial charge in [-0.2, -0.15) is 0 Å². The van der Waals surface area contributed by atoms with Crippen molar-refractivity contribution >= 4 is 28.2 Å². The van der Waals surface area contributed by atoms with Gasteiger partial charge in [0.05, 0.1) is 6.10 Å². The number of H-pyrrole nitrogens is 1. The molecule has 4 heteroatoms. The summed E-state index contributed by atoms with van der Waals surface area (Å²) in [5.41, 5.74) is 4.05. The highest BCUT2D eigenvalue weighted by Crippen LogP contribution is 2.35. The number of hydrogen-bond acceptors (Lipinski definition) is 3. The van der Waals surface area contributed by atoms with Gasteiger partial charge in [0.15, 0.2) is 0 Å². The zero-order chi connectivity index (χ0) is 21.6. The van der Waals surface area contributed by atoms with Crippen molar-refractivity contribution in [2.45, 2.75) is 62.3 Å². The van der Waals surface area contributed by atoms with Crippen molar-refractivity contribution < 1.29 is 4.74 Å². The predicted molar refractivity (Wildman–Crippen MR) is 133 cm³/mol. The van der Waals surface area contributed by atoms with Gasteiger partial charge in [-0.15, -0.1) is 0 Å². The van der Waals surface area contributed by atoms with E-state index in [4.69, 9.17) is 4.74 Å². The minimum atomic E-state index is 0.237. The first-order valence-corrected chi connectivity index (χ1v) is 12.5. The molecule has 31 heavy (non-hydrogen) atoms. The summed E-state index contributed by atoms with van der Waals surface area (Å²) in [5.74, 6) is 0.947. The average molecular weight is 435 g/mol. The summed E-state index contributed by atoms with van der Waals surface area (Å²) in [7, 11) is 0. The van der Waals surface area contributed by atoms with Gasteiger partial charge < -0.3 is 9.72 Å². The van der Waals surface area contributed by atoms with Gasteiger partial charge in [0.25, 0.3) is 0 Å². The Bertz CT molecular complexity index is 1040. The third-order valence-electron chi connectivity index (χ3n) is 6.07. The van der Waals surface area contributed by atoms with E-state index in [0.717, 1.165) is 31.7 Å². The van der Waals surface area contributed by atoms with E-state index in [2.05, 4.69) is 79.3 Å². The minimum absolute atomic E-state index is 0.237. The summed E-state index contributed by atoms with van der Waals surface area (Å²) in [6.45, 7) is 9.98. The van der Waals surface area contributed by atoms with Gasteiger partial charge in [-0.1, -0.05) is 44.2 Å². The van der Waals surface area contributed by atoms with E-state index in [1.165, 1.54) is 51.2 Å². The lowest BCUT2D eigenvalue weighted by molar-refractivity contribution is 0.217. The molecule has 1 aromatic heterocycles. The molecule has 0 radical (unpaired) electrons. The summed E-state index contributed by atoms with van der Waals surface area (Å²) in [6, 6.07) is 15.2. The Morgan fingerprint density at radius 2 is 2.00 bits per heavy atom. The van der Waals surface area contributed by atoms with E-state index < -0.39 is 0 Å². The van der Waals surface area contributed by atoms with Crippen LogP contribution in [0.4, 0.5) is 0 Å². The third kappa shape index (κ3) is 5.55. The van der Waals surface area contributed by atoms with Crippen molar-refractivity contribution in [3.8, 4) is 5.75 Å². The molecule has 1 aliphatic rings. The van der Waals surface area contributed by atoms with E-state index in [1.54, 1.807) is 11.8 Å². The van der Waals surface area contributed by atoms with E-state index in [1.807, 2.05) is 6.07 Å². The van der Waals surface area contributed by atoms with Crippen molar-refractivity contribution in [2.24, 2.45) is 0 Å². The number of aromatic nitrogens is 1. The summed E-state index contributed by atoms with van der Waals surface area (Å²) in [6.07, 6.45) is 9.55. The number of benzene rings is 2. The highest BCUT2D eigenvalue weighted by Gasteiger charge is 2.16. The van der Waals surface area contributed by atoms with Crippen molar-refractivity contribution in [3.05, 3.63) is 60.3 Å². The van der Waals surface area contributed by atoms with Crippen LogP contribution in [0.5, 0.6) is 5.75 Å². The molecule has 0 fully saturated rings. The number of aromatic amines is 1. The zero-order valence-corrected chi connectivity index (χ0v) is 19.8. The molecule has 2 aromatic carbocycles. The largest absolute Gasteiger partial charge is 0.491 e. The Hall–Kier alpha value is -2.17. The van der Waals surface area contributed by atoms with Crippen molar-refractivity contribution in [2.75, 3.05) is 19.6 Å². The van der Waals surface area contributed by atoms with Crippen LogP contribution in [0, 0.1) is 0 Å². The summed E-state index contributed by atoms with van der Waals surface area (Å²) < 4.78 is 6.00. The average Bonchev–Trinajstić information content (AvgIpc) is 3.21. The van der Waals surface area contributed by atoms with E-state index in [-0.39, 0.29) is 6.10 Å². The van der Waals surface area contributed by atoms with Crippen LogP contribution in [0.3, 0.4) is 0 Å². The smallest absolute Gasteiger partial charge is 0.120 e. The standard InChI is InChI=1S/C27H34N2OS/c1-4-6-14-29-15-12-21(13-16-29)26-19-28-27-11-10-24(18-25(26)27)31-23-9-7-8-22(17-23)30-20(3)5-2/h7-12,17-20,28H,4-6,13-16H2,1-3H3. The van der Waals surface area contributed by atoms with Crippen LogP contribution in [0.25, 0.3) is 16.5 Å². The van der Waals surface area contributed by atoms with Gasteiger partial charge in [-0.05, 0) is 74.7 Å². The molecule has 4 rings (SSSR count). The highest BCUT2D eigenvalue weighted by atomic mass is 32.2. The minimum Gasteiger partial charge on any atom is -0.491 e. The number of rotatable bonds is 9. The quantitative estimate of drug-likeness (QED) is 0.381. The Morgan fingerprint density at radius 1 is 1.13 bits per heavy atom. The molecule has 0 amide bonds. The molecule has 0 spiro atoms. The van der Waals surface area contributed by atoms with Crippen LogP contribution in [0.1, 0.15) is 52.0 Å².